The summed E-state index contributed by atoms with van der Waals surface area (Å²) in [4.78, 5) is 13.0. The zero-order valence-electron chi connectivity index (χ0n) is 12.3. The third-order valence-electron chi connectivity index (χ3n) is 3.19. The average molecular weight is 432 g/mol. The van der Waals surface area contributed by atoms with Gasteiger partial charge in [-0.1, -0.05) is 58.7 Å². The highest BCUT2D eigenvalue weighted by Crippen LogP contribution is 2.38. The number of nitrogens with one attached hydrogen (secondary N) is 1. The summed E-state index contributed by atoms with van der Waals surface area (Å²) in [5, 5.41) is 11.6. The van der Waals surface area contributed by atoms with Gasteiger partial charge in [0.1, 0.15) is 5.75 Å². The van der Waals surface area contributed by atoms with Crippen molar-refractivity contribution in [2.45, 2.75) is 0 Å². The molecule has 3 rings (SSSR count). The van der Waals surface area contributed by atoms with Crippen molar-refractivity contribution in [2.75, 3.05) is 5.43 Å². The minimum Gasteiger partial charge on any atom is -0.508 e. The molecule has 4 nitrogen and oxygen atoms in total. The monoisotopic (exact) mass is 430 g/mol. The Bertz CT molecular complexity index is 895. The van der Waals surface area contributed by atoms with Crippen LogP contribution in [0.4, 0.5) is 5.69 Å². The van der Waals surface area contributed by atoms with Crippen LogP contribution in [0.15, 0.2) is 41.3 Å². The number of thiocarbonyl (C=S) groups is 1. The van der Waals surface area contributed by atoms with Gasteiger partial charge in [-0.25, -0.2) is 5.01 Å². The van der Waals surface area contributed by atoms with E-state index in [2.05, 4.69) is 5.43 Å². The van der Waals surface area contributed by atoms with Gasteiger partial charge in [-0.05, 0) is 48.1 Å². The highest BCUT2D eigenvalue weighted by atomic mass is 35.5. The van der Waals surface area contributed by atoms with E-state index in [1.807, 2.05) is 0 Å². The molecule has 2 aromatic rings. The summed E-state index contributed by atoms with van der Waals surface area (Å²) in [7, 11) is 0. The smallest absolute Gasteiger partial charge is 0.285 e. The molecule has 2 aromatic carbocycles. The molecule has 0 radical (unpaired) electrons. The highest BCUT2D eigenvalue weighted by Gasteiger charge is 2.33. The second-order valence-corrected chi connectivity index (χ2v) is 7.89. The van der Waals surface area contributed by atoms with Crippen LogP contribution in [-0.4, -0.2) is 20.3 Å². The summed E-state index contributed by atoms with van der Waals surface area (Å²) in [6.45, 7) is 0. The molecule has 1 fully saturated rings. The summed E-state index contributed by atoms with van der Waals surface area (Å²) in [5.41, 5.74) is 3.86. The molecule has 1 amide bonds. The first-order valence-electron chi connectivity index (χ1n) is 6.83. The van der Waals surface area contributed by atoms with E-state index < -0.39 is 0 Å². The molecule has 2 N–H and O–H groups in total. The van der Waals surface area contributed by atoms with Crippen molar-refractivity contribution >= 4 is 80.8 Å². The molecule has 128 valence electrons. The van der Waals surface area contributed by atoms with Gasteiger partial charge in [0, 0.05) is 5.02 Å². The Balaban J connectivity index is 1.87. The zero-order chi connectivity index (χ0) is 18.1. The first-order chi connectivity index (χ1) is 11.8. The number of nitrogens with zero attached hydrogens (tertiary/aromatic N) is 1. The van der Waals surface area contributed by atoms with Crippen molar-refractivity contribution in [1.82, 2.24) is 5.01 Å². The summed E-state index contributed by atoms with van der Waals surface area (Å²) >= 11 is 24.5. The number of carbonyl (C=O) groups excluding carboxylic acids is 1. The highest BCUT2D eigenvalue weighted by molar-refractivity contribution is 8.26. The number of benzene rings is 2. The van der Waals surface area contributed by atoms with Crippen LogP contribution in [0.25, 0.3) is 6.08 Å². The van der Waals surface area contributed by atoms with Crippen LogP contribution in [0, 0.1) is 0 Å². The van der Waals surface area contributed by atoms with Gasteiger partial charge in [-0.2, -0.15) is 0 Å². The number of phenolic OH excluding ortho intramolecular Hbond substituents is 1. The Morgan fingerprint density at radius 1 is 1.16 bits per heavy atom. The van der Waals surface area contributed by atoms with E-state index in [1.54, 1.807) is 30.3 Å². The van der Waals surface area contributed by atoms with Gasteiger partial charge >= 0.3 is 0 Å². The maximum Gasteiger partial charge on any atom is 0.285 e. The van der Waals surface area contributed by atoms with Gasteiger partial charge in [0.25, 0.3) is 5.91 Å². The van der Waals surface area contributed by atoms with Crippen LogP contribution in [0.1, 0.15) is 5.56 Å². The topological polar surface area (TPSA) is 52.6 Å². The molecule has 1 aliphatic rings. The Labute approximate surface area is 168 Å². The molecular formula is C16H9Cl3N2O2S2. The van der Waals surface area contributed by atoms with Crippen LogP contribution >= 0.6 is 58.8 Å². The van der Waals surface area contributed by atoms with Gasteiger partial charge in [0.15, 0.2) is 4.32 Å². The van der Waals surface area contributed by atoms with Crippen molar-refractivity contribution in [3.05, 3.63) is 61.9 Å². The molecule has 0 unspecified atom stereocenters. The molecule has 0 spiro atoms. The maximum absolute atomic E-state index is 12.6. The Kier molecular flexibility index (Phi) is 5.46. The first-order valence-corrected chi connectivity index (χ1v) is 9.19. The average Bonchev–Trinajstić information content (AvgIpc) is 2.77. The van der Waals surface area contributed by atoms with E-state index in [0.29, 0.717) is 25.5 Å². The largest absolute Gasteiger partial charge is 0.508 e. The lowest BCUT2D eigenvalue weighted by Crippen LogP contribution is -2.34. The fourth-order valence-corrected chi connectivity index (χ4v) is 4.17. The van der Waals surface area contributed by atoms with Crippen LogP contribution in [0.5, 0.6) is 5.75 Å². The second kappa shape index (κ2) is 7.43. The number of rotatable bonds is 3. The fourth-order valence-electron chi connectivity index (χ4n) is 2.09. The van der Waals surface area contributed by atoms with Crippen LogP contribution in [0.2, 0.25) is 15.1 Å². The van der Waals surface area contributed by atoms with Crippen molar-refractivity contribution in [3.63, 3.8) is 0 Å². The van der Waals surface area contributed by atoms with Crippen LogP contribution in [-0.2, 0) is 4.79 Å². The van der Waals surface area contributed by atoms with Crippen molar-refractivity contribution in [1.29, 1.82) is 0 Å². The lowest BCUT2D eigenvalue weighted by atomic mass is 10.2. The van der Waals surface area contributed by atoms with E-state index in [0.717, 1.165) is 11.8 Å². The number of aromatic hydroxyl groups is 1. The number of hydrogen-bond acceptors (Lipinski definition) is 5. The third-order valence-corrected chi connectivity index (χ3v) is 5.31. The standard InChI is InChI=1S/C16H9Cl3N2O2S2/c17-9-6-11(18)14(12(19)7-9)20-21-15(23)13(25-16(21)24)5-8-2-1-3-10(22)4-8/h1-7,20,22H/b13-5+. The molecule has 0 aliphatic carbocycles. The van der Waals surface area contributed by atoms with Crippen molar-refractivity contribution in [3.8, 4) is 5.75 Å². The predicted octanol–water partition coefficient (Wildman–Crippen LogP) is 5.58. The number of anilines is 1. The lowest BCUT2D eigenvalue weighted by molar-refractivity contribution is -0.121. The molecule has 1 aliphatic heterocycles. The fraction of sp³-hybridized carbons (Fsp3) is 0. The number of halogens is 3. The molecule has 1 saturated heterocycles. The number of hydrazine groups is 1. The molecule has 0 atom stereocenters. The van der Waals surface area contributed by atoms with Crippen molar-refractivity contribution < 1.29 is 9.90 Å². The Morgan fingerprint density at radius 3 is 2.48 bits per heavy atom. The van der Waals surface area contributed by atoms with Gasteiger partial charge in [-0.3, -0.25) is 10.2 Å². The van der Waals surface area contributed by atoms with Crippen molar-refractivity contribution in [2.24, 2.45) is 0 Å². The van der Waals surface area contributed by atoms with Gasteiger partial charge < -0.3 is 5.11 Å². The Morgan fingerprint density at radius 2 is 1.84 bits per heavy atom. The second-order valence-electron chi connectivity index (χ2n) is 4.97. The third kappa shape index (κ3) is 4.04. The minimum absolute atomic E-state index is 0.113. The summed E-state index contributed by atoms with van der Waals surface area (Å²) in [5.74, 6) is -0.234. The Hall–Kier alpha value is -1.44. The molecule has 1 heterocycles. The van der Waals surface area contributed by atoms with E-state index in [9.17, 15) is 9.90 Å². The quantitative estimate of drug-likeness (QED) is 0.491. The maximum atomic E-state index is 12.6. The van der Waals surface area contributed by atoms with Crippen LogP contribution in [0.3, 0.4) is 0 Å². The normalized spacial score (nSPS) is 16.0. The number of thioether (sulfide) groups is 1. The SMILES string of the molecule is O=C1/C(=C\c2cccc(O)c2)SC(=S)N1Nc1c(Cl)cc(Cl)cc1Cl. The summed E-state index contributed by atoms with van der Waals surface area (Å²) in [6, 6.07) is 9.58. The van der Waals surface area contributed by atoms with Gasteiger partial charge in [0.05, 0.1) is 20.6 Å². The lowest BCUT2D eigenvalue weighted by Gasteiger charge is -2.19. The summed E-state index contributed by atoms with van der Waals surface area (Å²) in [6.07, 6.45) is 1.64. The number of phenols is 1. The molecule has 0 aromatic heterocycles. The van der Waals surface area contributed by atoms with Gasteiger partial charge in [0.2, 0.25) is 0 Å². The van der Waals surface area contributed by atoms with E-state index >= 15 is 0 Å². The number of hydrogen-bond donors (Lipinski definition) is 2. The van der Waals surface area contributed by atoms with E-state index in [1.165, 1.54) is 17.1 Å². The van der Waals surface area contributed by atoms with Gasteiger partial charge in [-0.15, -0.1) is 0 Å². The summed E-state index contributed by atoms with van der Waals surface area (Å²) < 4.78 is 0.304. The first kappa shape index (κ1) is 18.4. The van der Waals surface area contributed by atoms with E-state index in [4.69, 9.17) is 47.0 Å². The predicted molar refractivity (Wildman–Crippen MR) is 108 cm³/mol. The molecule has 0 saturated carbocycles. The molecular weight excluding hydrogens is 423 g/mol. The minimum atomic E-state index is -0.347. The zero-order valence-corrected chi connectivity index (χ0v) is 16.2. The molecule has 0 bridgehead atoms. The number of amides is 1. The molecule has 25 heavy (non-hydrogen) atoms. The van der Waals surface area contributed by atoms with Crippen LogP contribution < -0.4 is 5.43 Å². The van der Waals surface area contributed by atoms with E-state index in [-0.39, 0.29) is 21.7 Å². The number of carbonyl (C=O) groups is 1. The molecule has 9 heteroatoms.